The number of anilines is 2. The van der Waals surface area contributed by atoms with E-state index >= 15 is 4.79 Å². The number of nitrogens with one attached hydrogen (secondary N) is 1. The minimum absolute atomic E-state index is 0.0807. The van der Waals surface area contributed by atoms with Crippen molar-refractivity contribution < 1.29 is 24.2 Å². The van der Waals surface area contributed by atoms with Crippen molar-refractivity contribution in [3.8, 4) is 16.9 Å². The number of carbonyl (C=O) groups is 3. The van der Waals surface area contributed by atoms with Crippen LogP contribution in [0.2, 0.25) is 10.0 Å². The molecule has 0 aliphatic carbocycles. The van der Waals surface area contributed by atoms with Gasteiger partial charge < -0.3 is 39.0 Å². The van der Waals surface area contributed by atoms with Gasteiger partial charge in [0.2, 0.25) is 5.91 Å². The fourth-order valence-electron chi connectivity index (χ4n) is 9.46. The molecule has 5 heterocycles. The van der Waals surface area contributed by atoms with E-state index in [4.69, 9.17) is 33.0 Å². The van der Waals surface area contributed by atoms with Crippen LogP contribution in [0.25, 0.3) is 32.9 Å². The number of hydrogen-bond donors (Lipinski definition) is 2. The Morgan fingerprint density at radius 3 is 2.31 bits per heavy atom. The van der Waals surface area contributed by atoms with Gasteiger partial charge in [0, 0.05) is 110 Å². The summed E-state index contributed by atoms with van der Waals surface area (Å²) in [6.45, 7) is 15.0. The summed E-state index contributed by atoms with van der Waals surface area (Å²) >= 11 is 13.6. The van der Waals surface area contributed by atoms with Crippen LogP contribution in [-0.4, -0.2) is 105 Å². The number of amides is 2. The predicted octanol–water partition coefficient (Wildman–Crippen LogP) is 8.58. The molecular weight excluding hydrogens is 827 g/mol. The lowest BCUT2D eigenvalue weighted by molar-refractivity contribution is -0.116. The van der Waals surface area contributed by atoms with E-state index in [2.05, 4.69) is 33.7 Å². The number of aryl methyl sites for hydroxylation is 6. The van der Waals surface area contributed by atoms with E-state index in [1.807, 2.05) is 63.7 Å². The summed E-state index contributed by atoms with van der Waals surface area (Å²) in [6.07, 6.45) is 2.97. The number of aromatic nitrogens is 4. The van der Waals surface area contributed by atoms with Crippen LogP contribution in [0.3, 0.4) is 0 Å². The lowest BCUT2D eigenvalue weighted by atomic mass is 9.98. The summed E-state index contributed by atoms with van der Waals surface area (Å²) in [4.78, 5) is 47.9. The quantitative estimate of drug-likeness (QED) is 0.117. The van der Waals surface area contributed by atoms with Gasteiger partial charge in [-0.05, 0) is 102 Å². The number of aromatic carboxylic acids is 1. The fraction of sp³-hybridized carbons (Fsp3) is 0.404. The van der Waals surface area contributed by atoms with Gasteiger partial charge in [-0.15, -0.1) is 0 Å². The maximum absolute atomic E-state index is 15.5. The Hall–Kier alpha value is -5.34. The number of halogens is 2. The van der Waals surface area contributed by atoms with Gasteiger partial charge in [0.05, 0.1) is 39.6 Å². The maximum atomic E-state index is 15.5. The molecular formula is C47H54Cl2N8O5. The molecule has 0 unspecified atom stereocenters. The average Bonchev–Trinajstić information content (AvgIpc) is 3.83. The summed E-state index contributed by atoms with van der Waals surface area (Å²) in [7, 11) is 5.79. The molecule has 3 aromatic heterocycles. The summed E-state index contributed by atoms with van der Waals surface area (Å²) in [5, 5.41) is 20.7. The molecule has 1 fully saturated rings. The van der Waals surface area contributed by atoms with Crippen LogP contribution in [0.5, 0.6) is 5.75 Å². The van der Waals surface area contributed by atoms with Gasteiger partial charge >= 0.3 is 5.97 Å². The van der Waals surface area contributed by atoms with Gasteiger partial charge in [-0.2, -0.15) is 5.10 Å². The van der Waals surface area contributed by atoms with Crippen molar-refractivity contribution in [1.82, 2.24) is 28.7 Å². The van der Waals surface area contributed by atoms with Crippen LogP contribution in [0.15, 0.2) is 42.6 Å². The lowest BCUT2D eigenvalue weighted by Crippen LogP contribution is -2.45. The van der Waals surface area contributed by atoms with Crippen molar-refractivity contribution >= 4 is 74.2 Å². The second kappa shape index (κ2) is 17.1. The molecule has 2 N–H and O–H groups in total. The molecule has 15 heteroatoms. The van der Waals surface area contributed by atoms with Crippen molar-refractivity contribution in [3.63, 3.8) is 0 Å². The first-order chi connectivity index (χ1) is 29.5. The van der Waals surface area contributed by atoms with Crippen LogP contribution in [0.1, 0.15) is 74.7 Å². The maximum Gasteiger partial charge on any atom is 0.337 e. The summed E-state index contributed by atoms with van der Waals surface area (Å²) in [5.74, 6) is -0.783. The summed E-state index contributed by atoms with van der Waals surface area (Å²) in [6, 6.07) is 11.0. The van der Waals surface area contributed by atoms with Gasteiger partial charge in [0.25, 0.3) is 5.91 Å². The molecule has 13 nitrogen and oxygen atoms in total. The third-order valence-corrected chi connectivity index (χ3v) is 13.6. The van der Waals surface area contributed by atoms with Crippen molar-refractivity contribution in [2.24, 2.45) is 14.1 Å². The molecule has 6 aromatic rings. The monoisotopic (exact) mass is 880 g/mol. The van der Waals surface area contributed by atoms with Crippen molar-refractivity contribution in [2.75, 3.05) is 63.1 Å². The van der Waals surface area contributed by atoms with E-state index in [0.717, 1.165) is 87.1 Å². The highest BCUT2D eigenvalue weighted by Crippen LogP contribution is 2.46. The number of fused-ring (bicyclic) bond motifs is 4. The van der Waals surface area contributed by atoms with Crippen LogP contribution < -0.4 is 15.0 Å². The number of rotatable bonds is 12. The Morgan fingerprint density at radius 2 is 1.65 bits per heavy atom. The number of benzene rings is 3. The standard InChI is InChI=1S/C47H54Cl2N8O5/c1-26-20-32(21-27(2)42(26)49)62-19-9-10-33-34-11-12-37(48)41(40-29(4)51-54(8)30(40)5)44(34)57-28(3)24-56(46(59)45(33)57)38-23-31(22-35-36(47(60)61)25-53(7)43(35)38)50-39(58)13-14-55-17-15-52(6)16-18-55/h11-12,20-23,25,28H,9-10,13-19,24H2,1-8H3,(H,50,58)(H,60,61)/t28-/m1/s1. The van der Waals surface area contributed by atoms with E-state index in [-0.39, 0.29) is 36.4 Å². The van der Waals surface area contributed by atoms with Crippen LogP contribution in [-0.2, 0) is 25.3 Å². The Bertz CT molecular complexity index is 2750. The number of carbonyl (C=O) groups excluding carboxylic acids is 2. The highest BCUT2D eigenvalue weighted by atomic mass is 35.5. The number of nitrogens with zero attached hydrogens (tertiary/aromatic N) is 7. The zero-order chi connectivity index (χ0) is 44.3. The molecule has 326 valence electrons. The van der Waals surface area contributed by atoms with Gasteiger partial charge in [-0.25, -0.2) is 4.79 Å². The molecule has 1 saturated heterocycles. The number of likely N-dealkylation sites (N-methyl/N-ethyl adjacent to an activating group) is 1. The zero-order valence-corrected chi connectivity index (χ0v) is 38.2. The minimum Gasteiger partial charge on any atom is -0.494 e. The van der Waals surface area contributed by atoms with Crippen LogP contribution >= 0.6 is 23.2 Å². The smallest absolute Gasteiger partial charge is 0.337 e. The van der Waals surface area contributed by atoms with Gasteiger partial charge in [0.1, 0.15) is 11.4 Å². The van der Waals surface area contributed by atoms with E-state index in [1.54, 1.807) is 34.8 Å². The van der Waals surface area contributed by atoms with Crippen molar-refractivity contribution in [2.45, 2.75) is 59.9 Å². The first-order valence-electron chi connectivity index (χ1n) is 21.2. The highest BCUT2D eigenvalue weighted by Gasteiger charge is 2.38. The molecule has 8 rings (SSSR count). The second-order valence-corrected chi connectivity index (χ2v) is 17.9. The van der Waals surface area contributed by atoms with E-state index < -0.39 is 5.97 Å². The predicted molar refractivity (Wildman–Crippen MR) is 247 cm³/mol. The molecule has 0 spiro atoms. The molecule has 0 radical (unpaired) electrons. The van der Waals surface area contributed by atoms with Crippen LogP contribution in [0.4, 0.5) is 11.4 Å². The van der Waals surface area contributed by atoms with Gasteiger partial charge in [-0.1, -0.05) is 29.3 Å². The molecule has 3 aromatic carbocycles. The van der Waals surface area contributed by atoms with E-state index in [9.17, 15) is 14.7 Å². The third kappa shape index (κ3) is 7.84. The van der Waals surface area contributed by atoms with E-state index in [0.29, 0.717) is 59.0 Å². The SMILES string of the molecule is Cc1cc(OCCCc2c3n(c4c(-c5c(C)nn(C)c5C)c(Cl)ccc24)[C@H](C)CN(c2cc(NC(=O)CCN4CCN(C)CC4)cc4c(C(=O)O)cn(C)c24)C3=O)cc(C)c1Cl. The largest absolute Gasteiger partial charge is 0.494 e. The highest BCUT2D eigenvalue weighted by molar-refractivity contribution is 6.35. The van der Waals surface area contributed by atoms with Gasteiger partial charge in [0.15, 0.2) is 0 Å². The molecule has 2 aliphatic heterocycles. The van der Waals surface area contributed by atoms with Crippen LogP contribution in [0, 0.1) is 27.7 Å². The number of hydrogen-bond acceptors (Lipinski definition) is 7. The first kappa shape index (κ1) is 43.3. The number of piperazine rings is 1. The lowest BCUT2D eigenvalue weighted by Gasteiger charge is -2.35. The Labute approximate surface area is 371 Å². The fourth-order valence-corrected chi connectivity index (χ4v) is 9.82. The molecule has 2 aliphatic rings. The first-order valence-corrected chi connectivity index (χ1v) is 21.9. The zero-order valence-electron chi connectivity index (χ0n) is 36.7. The van der Waals surface area contributed by atoms with Crippen molar-refractivity contribution in [3.05, 3.63) is 92.0 Å². The Kier molecular flexibility index (Phi) is 11.9. The minimum atomic E-state index is -1.10. The summed E-state index contributed by atoms with van der Waals surface area (Å²) < 4.78 is 12.0. The average molecular weight is 882 g/mol. The number of carboxylic acids is 1. The molecule has 0 bridgehead atoms. The van der Waals surface area contributed by atoms with Crippen molar-refractivity contribution in [1.29, 1.82) is 0 Å². The topological polar surface area (TPSA) is 130 Å². The van der Waals surface area contributed by atoms with Gasteiger partial charge in [-0.3, -0.25) is 14.3 Å². The normalized spacial score (nSPS) is 16.1. The molecule has 62 heavy (non-hydrogen) atoms. The number of ether oxygens (including phenoxy) is 1. The second-order valence-electron chi connectivity index (χ2n) is 17.1. The third-order valence-electron chi connectivity index (χ3n) is 12.7. The molecule has 1 atom stereocenters. The Morgan fingerprint density at radius 1 is 0.935 bits per heavy atom. The van der Waals surface area contributed by atoms with E-state index in [1.165, 1.54) is 0 Å². The molecule has 0 saturated carbocycles. The Balaban J connectivity index is 1.22. The summed E-state index contributed by atoms with van der Waals surface area (Å²) in [5.41, 5.74) is 9.29. The number of carboxylic acid groups (broad SMARTS) is 1. The molecule has 2 amide bonds.